The van der Waals surface area contributed by atoms with Crippen LogP contribution in [-0.4, -0.2) is 36.1 Å². The second kappa shape index (κ2) is 9.05. The highest BCUT2D eigenvalue weighted by atomic mass is 16.5. The van der Waals surface area contributed by atoms with E-state index in [1.54, 1.807) is 29.0 Å². The first-order chi connectivity index (χ1) is 14.0. The molecular formula is C22H22N2O5. The summed E-state index contributed by atoms with van der Waals surface area (Å²) in [6.07, 6.45) is 1.55. The lowest BCUT2D eigenvalue weighted by Gasteiger charge is -2.14. The fourth-order valence-electron chi connectivity index (χ4n) is 3.09. The smallest absolute Gasteiger partial charge is 0.340 e. The molecule has 1 amide bonds. The van der Waals surface area contributed by atoms with E-state index in [4.69, 9.17) is 9.47 Å². The van der Waals surface area contributed by atoms with Gasteiger partial charge in [-0.3, -0.25) is 9.59 Å². The highest BCUT2D eigenvalue weighted by Gasteiger charge is 2.18. The monoisotopic (exact) mass is 394 g/mol. The lowest BCUT2D eigenvalue weighted by atomic mass is 10.1. The lowest BCUT2D eigenvalue weighted by molar-refractivity contribution is -0.149. The van der Waals surface area contributed by atoms with E-state index in [-0.39, 0.29) is 25.1 Å². The van der Waals surface area contributed by atoms with Crippen molar-refractivity contribution >= 4 is 28.7 Å². The minimum atomic E-state index is -0.579. The van der Waals surface area contributed by atoms with Gasteiger partial charge in [0.2, 0.25) is 0 Å². The SMILES string of the molecule is COC(=O)c1cn(CC(=O)OCC(=O)N[C@H](C)c2ccccc2)c2ccccc12. The molecule has 0 fully saturated rings. The maximum Gasteiger partial charge on any atom is 0.340 e. The van der Waals surface area contributed by atoms with Crippen molar-refractivity contribution in [3.8, 4) is 0 Å². The van der Waals surface area contributed by atoms with Crippen molar-refractivity contribution in [2.45, 2.75) is 19.5 Å². The summed E-state index contributed by atoms with van der Waals surface area (Å²) in [5.74, 6) is -1.45. The zero-order valence-corrected chi connectivity index (χ0v) is 16.3. The van der Waals surface area contributed by atoms with Gasteiger partial charge in [0.15, 0.2) is 6.61 Å². The Morgan fingerprint density at radius 2 is 1.72 bits per heavy atom. The summed E-state index contributed by atoms with van der Waals surface area (Å²) < 4.78 is 11.5. The van der Waals surface area contributed by atoms with Gasteiger partial charge in [0.05, 0.1) is 18.7 Å². The summed E-state index contributed by atoms with van der Waals surface area (Å²) in [4.78, 5) is 36.3. The number of para-hydroxylation sites is 1. The normalized spacial score (nSPS) is 11.7. The number of benzene rings is 2. The van der Waals surface area contributed by atoms with E-state index in [1.807, 2.05) is 43.3 Å². The van der Waals surface area contributed by atoms with E-state index < -0.39 is 11.9 Å². The van der Waals surface area contributed by atoms with Gasteiger partial charge in [0.25, 0.3) is 5.91 Å². The number of hydrogen-bond acceptors (Lipinski definition) is 5. The van der Waals surface area contributed by atoms with Crippen molar-refractivity contribution in [3.63, 3.8) is 0 Å². The van der Waals surface area contributed by atoms with Crippen molar-refractivity contribution in [2.24, 2.45) is 0 Å². The molecule has 0 aliphatic carbocycles. The molecule has 0 saturated carbocycles. The number of amides is 1. The molecular weight excluding hydrogens is 372 g/mol. The molecule has 1 N–H and O–H groups in total. The van der Waals surface area contributed by atoms with Crippen LogP contribution in [0.4, 0.5) is 0 Å². The molecule has 1 atom stereocenters. The number of nitrogens with one attached hydrogen (secondary N) is 1. The number of carbonyl (C=O) groups is 3. The van der Waals surface area contributed by atoms with E-state index in [2.05, 4.69) is 5.32 Å². The van der Waals surface area contributed by atoms with Gasteiger partial charge in [-0.15, -0.1) is 0 Å². The molecule has 2 aromatic carbocycles. The largest absolute Gasteiger partial charge is 0.465 e. The molecule has 29 heavy (non-hydrogen) atoms. The summed E-state index contributed by atoms with van der Waals surface area (Å²) in [7, 11) is 1.30. The predicted molar refractivity (Wildman–Crippen MR) is 107 cm³/mol. The molecule has 0 unspecified atom stereocenters. The molecule has 3 rings (SSSR count). The van der Waals surface area contributed by atoms with E-state index in [0.717, 1.165) is 5.56 Å². The molecule has 0 saturated heterocycles. The fraction of sp³-hybridized carbons (Fsp3) is 0.227. The van der Waals surface area contributed by atoms with Crippen LogP contribution in [0.2, 0.25) is 0 Å². The van der Waals surface area contributed by atoms with Crippen LogP contribution < -0.4 is 5.32 Å². The van der Waals surface area contributed by atoms with Crippen LogP contribution in [0.5, 0.6) is 0 Å². The minimum Gasteiger partial charge on any atom is -0.465 e. The lowest BCUT2D eigenvalue weighted by Crippen LogP contribution is -2.31. The Kier molecular flexibility index (Phi) is 6.29. The van der Waals surface area contributed by atoms with Crippen molar-refractivity contribution in [1.82, 2.24) is 9.88 Å². The highest BCUT2D eigenvalue weighted by Crippen LogP contribution is 2.22. The van der Waals surface area contributed by atoms with Crippen molar-refractivity contribution in [2.75, 3.05) is 13.7 Å². The van der Waals surface area contributed by atoms with Gasteiger partial charge < -0.3 is 19.4 Å². The molecule has 1 aromatic heterocycles. The number of hydrogen-bond donors (Lipinski definition) is 1. The highest BCUT2D eigenvalue weighted by molar-refractivity contribution is 6.04. The van der Waals surface area contributed by atoms with Gasteiger partial charge >= 0.3 is 11.9 Å². The summed E-state index contributed by atoms with van der Waals surface area (Å²) in [5, 5.41) is 3.47. The molecule has 0 spiro atoms. The van der Waals surface area contributed by atoms with Gasteiger partial charge in [0, 0.05) is 17.1 Å². The number of fused-ring (bicyclic) bond motifs is 1. The zero-order valence-electron chi connectivity index (χ0n) is 16.3. The van der Waals surface area contributed by atoms with Crippen LogP contribution in [0, 0.1) is 0 Å². The van der Waals surface area contributed by atoms with Gasteiger partial charge in [0.1, 0.15) is 6.54 Å². The topological polar surface area (TPSA) is 86.6 Å². The van der Waals surface area contributed by atoms with Crippen LogP contribution in [0.3, 0.4) is 0 Å². The van der Waals surface area contributed by atoms with Crippen LogP contribution >= 0.6 is 0 Å². The third-order valence-corrected chi connectivity index (χ3v) is 4.53. The Hall–Kier alpha value is -3.61. The molecule has 7 nitrogen and oxygen atoms in total. The first-order valence-electron chi connectivity index (χ1n) is 9.15. The van der Waals surface area contributed by atoms with E-state index >= 15 is 0 Å². The number of carbonyl (C=O) groups excluding carboxylic acids is 3. The second-order valence-corrected chi connectivity index (χ2v) is 6.54. The fourth-order valence-corrected chi connectivity index (χ4v) is 3.09. The van der Waals surface area contributed by atoms with Gasteiger partial charge in [-0.25, -0.2) is 4.79 Å². The molecule has 3 aromatic rings. The molecule has 0 bridgehead atoms. The second-order valence-electron chi connectivity index (χ2n) is 6.54. The third-order valence-electron chi connectivity index (χ3n) is 4.53. The van der Waals surface area contributed by atoms with Crippen LogP contribution in [0.15, 0.2) is 60.8 Å². The standard InChI is InChI=1S/C22H22N2O5/c1-15(16-8-4-3-5-9-16)23-20(25)14-29-21(26)13-24-12-18(22(27)28-2)17-10-6-7-11-19(17)24/h3-12,15H,13-14H2,1-2H3,(H,23,25)/t15-/m1/s1. The number of rotatable bonds is 7. The Labute approximate surface area is 168 Å². The third kappa shape index (κ3) is 4.82. The average molecular weight is 394 g/mol. The maximum atomic E-state index is 12.2. The molecule has 0 aliphatic heterocycles. The van der Waals surface area contributed by atoms with E-state index in [9.17, 15) is 14.4 Å². The summed E-state index contributed by atoms with van der Waals surface area (Å²) in [6, 6.07) is 16.5. The van der Waals surface area contributed by atoms with Crippen molar-refractivity contribution in [3.05, 3.63) is 71.9 Å². The summed E-state index contributed by atoms with van der Waals surface area (Å²) in [6.45, 7) is 1.35. The van der Waals surface area contributed by atoms with Gasteiger partial charge in [-0.2, -0.15) is 0 Å². The Morgan fingerprint density at radius 1 is 1.03 bits per heavy atom. The Morgan fingerprint density at radius 3 is 2.45 bits per heavy atom. The molecule has 1 heterocycles. The average Bonchev–Trinajstić information content (AvgIpc) is 3.11. The summed E-state index contributed by atoms with van der Waals surface area (Å²) >= 11 is 0. The van der Waals surface area contributed by atoms with Gasteiger partial charge in [-0.05, 0) is 18.6 Å². The molecule has 0 radical (unpaired) electrons. The maximum absolute atomic E-state index is 12.2. The molecule has 7 heteroatoms. The Balaban J connectivity index is 1.60. The van der Waals surface area contributed by atoms with Gasteiger partial charge in [-0.1, -0.05) is 48.5 Å². The first kappa shape index (κ1) is 20.1. The van der Waals surface area contributed by atoms with Crippen molar-refractivity contribution < 1.29 is 23.9 Å². The van der Waals surface area contributed by atoms with E-state index in [1.165, 1.54) is 7.11 Å². The van der Waals surface area contributed by atoms with Crippen LogP contribution in [0.1, 0.15) is 28.9 Å². The number of ether oxygens (including phenoxy) is 2. The van der Waals surface area contributed by atoms with Crippen LogP contribution in [-0.2, 0) is 25.6 Å². The van der Waals surface area contributed by atoms with Crippen LogP contribution in [0.25, 0.3) is 10.9 Å². The number of methoxy groups -OCH3 is 1. The van der Waals surface area contributed by atoms with E-state index in [0.29, 0.717) is 16.5 Å². The molecule has 0 aliphatic rings. The molecule has 150 valence electrons. The number of esters is 2. The number of nitrogens with zero attached hydrogens (tertiary/aromatic N) is 1. The Bertz CT molecular complexity index is 1030. The number of aromatic nitrogens is 1. The quantitative estimate of drug-likeness (QED) is 0.623. The minimum absolute atomic E-state index is 0.126. The first-order valence-corrected chi connectivity index (χ1v) is 9.15. The predicted octanol–water partition coefficient (Wildman–Crippen LogP) is 2.85. The summed E-state index contributed by atoms with van der Waals surface area (Å²) in [5.41, 5.74) is 2.03. The zero-order chi connectivity index (χ0) is 20.8. The van der Waals surface area contributed by atoms with Crippen molar-refractivity contribution in [1.29, 1.82) is 0 Å².